The summed E-state index contributed by atoms with van der Waals surface area (Å²) in [5.74, 6) is -1.12. The first kappa shape index (κ1) is 14.4. The maximum absolute atomic E-state index is 13.0. The number of halogens is 1. The fraction of sp³-hybridized carbons (Fsp3) is 0.300. The van der Waals surface area contributed by atoms with Crippen molar-refractivity contribution in [2.24, 2.45) is 0 Å². The molecular weight excluding hydrogens is 261 g/mol. The SMILES string of the molecule is CS(=O)(=O)NCCNC(=O)c1cc(N)cc(F)c1. The lowest BCUT2D eigenvalue weighted by atomic mass is 10.2. The number of benzene rings is 1. The van der Waals surface area contributed by atoms with Crippen LogP contribution in [0.2, 0.25) is 0 Å². The number of anilines is 1. The van der Waals surface area contributed by atoms with Crippen molar-refractivity contribution in [2.75, 3.05) is 25.1 Å². The quantitative estimate of drug-likeness (QED) is 0.506. The number of hydrogen-bond donors (Lipinski definition) is 3. The molecule has 18 heavy (non-hydrogen) atoms. The van der Waals surface area contributed by atoms with Gasteiger partial charge in [-0.05, 0) is 18.2 Å². The number of carbonyl (C=O) groups is 1. The summed E-state index contributed by atoms with van der Waals surface area (Å²) in [6.45, 7) is 0.164. The first-order valence-electron chi connectivity index (χ1n) is 5.07. The molecule has 0 aromatic heterocycles. The number of amides is 1. The maximum Gasteiger partial charge on any atom is 0.251 e. The van der Waals surface area contributed by atoms with Gasteiger partial charge in [0.15, 0.2) is 0 Å². The van der Waals surface area contributed by atoms with Gasteiger partial charge in [-0.15, -0.1) is 0 Å². The minimum absolute atomic E-state index is 0.0649. The smallest absolute Gasteiger partial charge is 0.251 e. The monoisotopic (exact) mass is 275 g/mol. The van der Waals surface area contributed by atoms with Crippen LogP contribution in [0.5, 0.6) is 0 Å². The van der Waals surface area contributed by atoms with Crippen molar-refractivity contribution in [1.29, 1.82) is 0 Å². The summed E-state index contributed by atoms with van der Waals surface area (Å²) in [4.78, 5) is 11.6. The second-order valence-corrected chi connectivity index (χ2v) is 5.53. The van der Waals surface area contributed by atoms with Crippen molar-refractivity contribution >= 4 is 21.6 Å². The van der Waals surface area contributed by atoms with Crippen LogP contribution in [0.4, 0.5) is 10.1 Å². The molecule has 0 heterocycles. The van der Waals surface area contributed by atoms with E-state index in [0.717, 1.165) is 18.4 Å². The number of nitrogen functional groups attached to an aromatic ring is 1. The third-order valence-corrected chi connectivity index (χ3v) is 2.69. The Morgan fingerprint density at radius 3 is 2.56 bits per heavy atom. The van der Waals surface area contributed by atoms with Gasteiger partial charge in [-0.3, -0.25) is 4.79 Å². The predicted octanol–water partition coefficient (Wildman–Crippen LogP) is -0.313. The summed E-state index contributed by atoms with van der Waals surface area (Å²) in [6.07, 6.45) is 1.02. The van der Waals surface area contributed by atoms with E-state index in [4.69, 9.17) is 5.73 Å². The standard InChI is InChI=1S/C10H14FN3O3S/c1-18(16,17)14-3-2-13-10(15)7-4-8(11)6-9(12)5-7/h4-6,14H,2-3,12H2,1H3,(H,13,15). The maximum atomic E-state index is 13.0. The number of nitrogens with one attached hydrogen (secondary N) is 2. The average molecular weight is 275 g/mol. The van der Waals surface area contributed by atoms with E-state index in [2.05, 4.69) is 10.0 Å². The Kier molecular flexibility index (Phi) is 4.62. The van der Waals surface area contributed by atoms with Crippen LogP contribution >= 0.6 is 0 Å². The van der Waals surface area contributed by atoms with Crippen molar-refractivity contribution in [3.8, 4) is 0 Å². The molecule has 0 saturated carbocycles. The highest BCUT2D eigenvalue weighted by molar-refractivity contribution is 7.88. The molecule has 1 aromatic rings. The molecule has 0 aliphatic carbocycles. The van der Waals surface area contributed by atoms with E-state index in [9.17, 15) is 17.6 Å². The zero-order valence-electron chi connectivity index (χ0n) is 9.73. The number of rotatable bonds is 5. The van der Waals surface area contributed by atoms with E-state index < -0.39 is 21.7 Å². The number of hydrogen-bond acceptors (Lipinski definition) is 4. The van der Waals surface area contributed by atoms with E-state index in [1.807, 2.05) is 0 Å². The lowest BCUT2D eigenvalue weighted by Crippen LogP contribution is -2.34. The normalized spacial score (nSPS) is 11.2. The molecule has 0 aliphatic heterocycles. The molecular formula is C10H14FN3O3S. The topological polar surface area (TPSA) is 101 Å². The van der Waals surface area contributed by atoms with Gasteiger partial charge in [-0.2, -0.15) is 0 Å². The summed E-state index contributed by atoms with van der Waals surface area (Å²) in [5, 5.41) is 2.44. The molecule has 0 radical (unpaired) electrons. The van der Waals surface area contributed by atoms with Gasteiger partial charge in [0.2, 0.25) is 10.0 Å². The molecule has 0 fully saturated rings. The van der Waals surface area contributed by atoms with Crippen LogP contribution in [0.1, 0.15) is 10.4 Å². The Hall–Kier alpha value is -1.67. The molecule has 100 valence electrons. The summed E-state index contributed by atoms with van der Waals surface area (Å²) >= 11 is 0. The molecule has 0 unspecified atom stereocenters. The Morgan fingerprint density at radius 2 is 2.00 bits per heavy atom. The fourth-order valence-electron chi connectivity index (χ4n) is 1.26. The number of sulfonamides is 1. The molecule has 0 saturated heterocycles. The van der Waals surface area contributed by atoms with Crippen molar-refractivity contribution < 1.29 is 17.6 Å². The van der Waals surface area contributed by atoms with Crippen molar-refractivity contribution in [3.63, 3.8) is 0 Å². The number of carbonyl (C=O) groups excluding carboxylic acids is 1. The first-order chi connectivity index (χ1) is 8.28. The first-order valence-corrected chi connectivity index (χ1v) is 6.96. The zero-order chi connectivity index (χ0) is 13.8. The number of nitrogens with two attached hydrogens (primary N) is 1. The average Bonchev–Trinajstić information content (AvgIpc) is 2.21. The molecule has 0 aliphatic rings. The minimum atomic E-state index is -3.28. The second-order valence-electron chi connectivity index (χ2n) is 3.70. The molecule has 0 bridgehead atoms. The van der Waals surface area contributed by atoms with Crippen LogP contribution in [0.15, 0.2) is 18.2 Å². The third kappa shape index (κ3) is 5.11. The Labute approximate surface area is 104 Å². The van der Waals surface area contributed by atoms with Crippen LogP contribution < -0.4 is 15.8 Å². The molecule has 1 amide bonds. The molecule has 8 heteroatoms. The van der Waals surface area contributed by atoms with E-state index >= 15 is 0 Å². The van der Waals surface area contributed by atoms with Crippen LogP contribution in [-0.2, 0) is 10.0 Å². The van der Waals surface area contributed by atoms with Gasteiger partial charge in [0, 0.05) is 24.3 Å². The Morgan fingerprint density at radius 1 is 1.33 bits per heavy atom. The van der Waals surface area contributed by atoms with E-state index in [1.54, 1.807) is 0 Å². The highest BCUT2D eigenvalue weighted by Crippen LogP contribution is 2.10. The lowest BCUT2D eigenvalue weighted by Gasteiger charge is -2.06. The van der Waals surface area contributed by atoms with Gasteiger partial charge in [-0.25, -0.2) is 17.5 Å². The van der Waals surface area contributed by atoms with Crippen LogP contribution in [-0.4, -0.2) is 33.7 Å². The molecule has 4 N–H and O–H groups in total. The van der Waals surface area contributed by atoms with E-state index in [0.29, 0.717) is 0 Å². The van der Waals surface area contributed by atoms with Crippen molar-refractivity contribution in [3.05, 3.63) is 29.6 Å². The van der Waals surface area contributed by atoms with Crippen LogP contribution in [0.3, 0.4) is 0 Å². The second kappa shape index (κ2) is 5.78. The Bertz CT molecular complexity index is 525. The van der Waals surface area contributed by atoms with Gasteiger partial charge < -0.3 is 11.1 Å². The highest BCUT2D eigenvalue weighted by Gasteiger charge is 2.08. The third-order valence-electron chi connectivity index (χ3n) is 1.96. The highest BCUT2D eigenvalue weighted by atomic mass is 32.2. The summed E-state index contributed by atoms with van der Waals surface area (Å²) < 4.78 is 36.7. The summed E-state index contributed by atoms with van der Waals surface area (Å²) in [5.41, 5.74) is 5.63. The Balaban J connectivity index is 2.51. The molecule has 1 rings (SSSR count). The van der Waals surface area contributed by atoms with Gasteiger partial charge >= 0.3 is 0 Å². The van der Waals surface area contributed by atoms with Gasteiger partial charge in [0.05, 0.1) is 6.26 Å². The lowest BCUT2D eigenvalue weighted by molar-refractivity contribution is 0.0954. The fourth-order valence-corrected chi connectivity index (χ4v) is 1.73. The molecule has 0 spiro atoms. The van der Waals surface area contributed by atoms with Crippen LogP contribution in [0.25, 0.3) is 0 Å². The van der Waals surface area contributed by atoms with Gasteiger partial charge in [0.25, 0.3) is 5.91 Å². The van der Waals surface area contributed by atoms with E-state index in [1.165, 1.54) is 6.07 Å². The minimum Gasteiger partial charge on any atom is -0.399 e. The molecule has 0 atom stereocenters. The zero-order valence-corrected chi connectivity index (χ0v) is 10.6. The van der Waals surface area contributed by atoms with Gasteiger partial charge in [-0.1, -0.05) is 0 Å². The summed E-state index contributed by atoms with van der Waals surface area (Å²) in [6, 6.07) is 3.49. The van der Waals surface area contributed by atoms with Crippen molar-refractivity contribution in [1.82, 2.24) is 10.0 Å². The molecule has 6 nitrogen and oxygen atoms in total. The van der Waals surface area contributed by atoms with E-state index in [-0.39, 0.29) is 24.3 Å². The summed E-state index contributed by atoms with van der Waals surface area (Å²) in [7, 11) is -3.28. The predicted molar refractivity (Wildman–Crippen MR) is 66.0 cm³/mol. The largest absolute Gasteiger partial charge is 0.399 e. The van der Waals surface area contributed by atoms with Gasteiger partial charge in [0.1, 0.15) is 5.82 Å². The van der Waals surface area contributed by atoms with Crippen LogP contribution in [0, 0.1) is 5.82 Å². The van der Waals surface area contributed by atoms with Crippen molar-refractivity contribution in [2.45, 2.75) is 0 Å². The molecule has 1 aromatic carbocycles.